The maximum Gasteiger partial charge on any atom is 0.224 e. The average Bonchev–Trinajstić information content (AvgIpc) is 3.06. The molecule has 2 N–H and O–H groups in total. The van der Waals surface area contributed by atoms with Crippen molar-refractivity contribution in [3.8, 4) is 0 Å². The minimum absolute atomic E-state index is 0.112. The van der Waals surface area contributed by atoms with Crippen molar-refractivity contribution in [1.82, 2.24) is 9.88 Å². The predicted molar refractivity (Wildman–Crippen MR) is 120 cm³/mol. The van der Waals surface area contributed by atoms with Gasteiger partial charge in [-0.15, -0.1) is 0 Å². The fourth-order valence-electron chi connectivity index (χ4n) is 4.58. The predicted octanol–water partition coefficient (Wildman–Crippen LogP) is 5.55. The Bertz CT molecular complexity index is 1040. The minimum Gasteiger partial charge on any atom is -0.357 e. The average molecular weight is 408 g/mol. The molecule has 1 amide bonds. The third-order valence-electron chi connectivity index (χ3n) is 6.32. The maximum atomic E-state index is 13.7. The van der Waals surface area contributed by atoms with Crippen molar-refractivity contribution in [2.45, 2.75) is 46.1 Å². The van der Waals surface area contributed by atoms with Crippen LogP contribution in [-0.4, -0.2) is 28.9 Å². The molecule has 0 spiro atoms. The minimum atomic E-state index is -0.390. The van der Waals surface area contributed by atoms with Crippen molar-refractivity contribution in [2.24, 2.45) is 5.92 Å². The number of rotatable bonds is 6. The zero-order chi connectivity index (χ0) is 21.1. The topological polar surface area (TPSA) is 48.1 Å². The Labute approximate surface area is 177 Å². The Kier molecular flexibility index (Phi) is 6.18. The van der Waals surface area contributed by atoms with Crippen molar-refractivity contribution in [1.29, 1.82) is 0 Å². The number of anilines is 1. The zero-order valence-electron chi connectivity index (χ0n) is 17.8. The molecule has 3 aromatic rings. The number of likely N-dealkylation sites (tertiary alicyclic amines) is 1. The van der Waals surface area contributed by atoms with E-state index in [1.54, 1.807) is 18.2 Å². The van der Waals surface area contributed by atoms with Crippen LogP contribution in [0.2, 0.25) is 0 Å². The summed E-state index contributed by atoms with van der Waals surface area (Å²) in [4.78, 5) is 18.4. The highest BCUT2D eigenvalue weighted by Crippen LogP contribution is 2.27. The van der Waals surface area contributed by atoms with Gasteiger partial charge in [0.25, 0.3) is 0 Å². The highest BCUT2D eigenvalue weighted by molar-refractivity contribution is 5.90. The van der Waals surface area contributed by atoms with Gasteiger partial charge in [-0.1, -0.05) is 30.3 Å². The van der Waals surface area contributed by atoms with Crippen molar-refractivity contribution < 1.29 is 9.18 Å². The lowest BCUT2D eigenvalue weighted by Crippen LogP contribution is -2.35. The van der Waals surface area contributed by atoms with Crippen LogP contribution in [0, 0.1) is 25.6 Å². The maximum absolute atomic E-state index is 13.7. The van der Waals surface area contributed by atoms with Crippen LogP contribution in [0.15, 0.2) is 42.5 Å². The summed E-state index contributed by atoms with van der Waals surface area (Å²) in [5, 5.41) is 4.00. The smallest absolute Gasteiger partial charge is 0.224 e. The first kappa shape index (κ1) is 20.6. The molecule has 0 bridgehead atoms. The zero-order valence-corrected chi connectivity index (χ0v) is 17.8. The molecule has 4 rings (SSSR count). The van der Waals surface area contributed by atoms with Gasteiger partial charge < -0.3 is 10.3 Å². The summed E-state index contributed by atoms with van der Waals surface area (Å²) in [6.07, 6.45) is 3.56. The summed E-state index contributed by atoms with van der Waals surface area (Å²) in [6.45, 7) is 7.35. The molecule has 2 heterocycles. The van der Waals surface area contributed by atoms with Gasteiger partial charge in [-0.3, -0.25) is 9.69 Å². The van der Waals surface area contributed by atoms with Crippen LogP contribution >= 0.6 is 0 Å². The van der Waals surface area contributed by atoms with Crippen molar-refractivity contribution >= 4 is 22.5 Å². The van der Waals surface area contributed by atoms with E-state index in [4.69, 9.17) is 0 Å². The van der Waals surface area contributed by atoms with Gasteiger partial charge in [0.1, 0.15) is 5.82 Å². The number of aromatic nitrogens is 1. The number of aromatic amines is 1. The van der Waals surface area contributed by atoms with E-state index < -0.39 is 5.82 Å². The number of amides is 1. The number of hydrogen-bond acceptors (Lipinski definition) is 2. The second-order valence-electron chi connectivity index (χ2n) is 8.54. The summed E-state index contributed by atoms with van der Waals surface area (Å²) < 4.78 is 13.7. The molecule has 158 valence electrons. The normalized spacial score (nSPS) is 17.4. The molecule has 1 atom stereocenters. The Morgan fingerprint density at radius 2 is 2.03 bits per heavy atom. The van der Waals surface area contributed by atoms with Gasteiger partial charge >= 0.3 is 0 Å². The van der Waals surface area contributed by atoms with E-state index in [-0.39, 0.29) is 11.6 Å². The van der Waals surface area contributed by atoms with Crippen molar-refractivity contribution in [2.75, 3.05) is 18.4 Å². The van der Waals surface area contributed by atoms with E-state index in [0.29, 0.717) is 12.3 Å². The second-order valence-corrected chi connectivity index (χ2v) is 8.54. The number of piperidine rings is 1. The summed E-state index contributed by atoms with van der Waals surface area (Å²) in [6, 6.07) is 12.8. The monoisotopic (exact) mass is 407 g/mol. The number of nitrogens with one attached hydrogen (secondary N) is 2. The van der Waals surface area contributed by atoms with Gasteiger partial charge in [0.2, 0.25) is 5.91 Å². The number of aryl methyl sites for hydroxylation is 2. The summed E-state index contributed by atoms with van der Waals surface area (Å²) in [7, 11) is 0. The number of hydrogen-bond donors (Lipinski definition) is 2. The van der Waals surface area contributed by atoms with E-state index in [9.17, 15) is 9.18 Å². The molecule has 1 fully saturated rings. The first-order valence-corrected chi connectivity index (χ1v) is 10.8. The molecule has 0 radical (unpaired) electrons. The molecule has 30 heavy (non-hydrogen) atoms. The SMILES string of the molecule is Cc1c(CN2CCC[C@@H](CCC(=O)Nc3ccccc3F)C2)[nH]c2c(C)cccc12. The highest BCUT2D eigenvalue weighted by Gasteiger charge is 2.22. The van der Waals surface area contributed by atoms with Crippen LogP contribution in [-0.2, 0) is 11.3 Å². The lowest BCUT2D eigenvalue weighted by Gasteiger charge is -2.32. The van der Waals surface area contributed by atoms with Crippen LogP contribution in [0.5, 0.6) is 0 Å². The largest absolute Gasteiger partial charge is 0.357 e. The number of carbonyl (C=O) groups is 1. The van der Waals surface area contributed by atoms with Gasteiger partial charge in [0, 0.05) is 36.1 Å². The number of fused-ring (bicyclic) bond motifs is 1. The van der Waals surface area contributed by atoms with Crippen LogP contribution in [0.25, 0.3) is 10.9 Å². The Balaban J connectivity index is 1.33. The van der Waals surface area contributed by atoms with E-state index in [0.717, 1.165) is 38.9 Å². The molecule has 0 unspecified atom stereocenters. The molecule has 1 aliphatic rings. The number of carbonyl (C=O) groups excluding carboxylic acids is 1. The van der Waals surface area contributed by atoms with Crippen LogP contribution in [0.3, 0.4) is 0 Å². The lowest BCUT2D eigenvalue weighted by atomic mass is 9.93. The van der Waals surface area contributed by atoms with Crippen LogP contribution in [0.4, 0.5) is 10.1 Å². The molecule has 1 aromatic heterocycles. The number of para-hydroxylation sites is 2. The van der Waals surface area contributed by atoms with E-state index >= 15 is 0 Å². The summed E-state index contributed by atoms with van der Waals surface area (Å²) in [5.74, 6) is -0.00525. The molecular weight excluding hydrogens is 377 g/mol. The van der Waals surface area contributed by atoms with Crippen LogP contribution in [0.1, 0.15) is 42.5 Å². The third kappa shape index (κ3) is 4.57. The standard InChI is InChI=1S/C25H30FN3O/c1-17-7-5-9-20-18(2)23(28-25(17)20)16-29-14-6-8-19(15-29)12-13-24(30)27-22-11-4-3-10-21(22)26/h3-5,7,9-11,19,28H,6,8,12-16H2,1-2H3,(H,27,30)/t19-/m0/s1. The quantitative estimate of drug-likeness (QED) is 0.562. The first-order chi connectivity index (χ1) is 14.5. The molecule has 1 saturated heterocycles. The van der Waals surface area contributed by atoms with Gasteiger partial charge in [-0.05, 0) is 68.8 Å². The molecule has 0 aliphatic carbocycles. The molecule has 2 aromatic carbocycles. The lowest BCUT2D eigenvalue weighted by molar-refractivity contribution is -0.116. The summed E-state index contributed by atoms with van der Waals surface area (Å²) in [5.41, 5.74) is 5.40. The van der Waals surface area contributed by atoms with Crippen LogP contribution < -0.4 is 5.32 Å². The number of H-pyrrole nitrogens is 1. The first-order valence-electron chi connectivity index (χ1n) is 10.8. The van der Waals surface area contributed by atoms with E-state index in [1.807, 2.05) is 0 Å². The number of benzene rings is 2. The molecule has 1 aliphatic heterocycles. The number of nitrogens with zero attached hydrogens (tertiary/aromatic N) is 1. The van der Waals surface area contributed by atoms with Crippen molar-refractivity contribution in [3.05, 3.63) is 65.1 Å². The van der Waals surface area contributed by atoms with E-state index in [1.165, 1.54) is 33.8 Å². The molecule has 5 heteroatoms. The van der Waals surface area contributed by atoms with Gasteiger partial charge in [0.15, 0.2) is 0 Å². The highest BCUT2D eigenvalue weighted by atomic mass is 19.1. The summed E-state index contributed by atoms with van der Waals surface area (Å²) >= 11 is 0. The fourth-order valence-corrected chi connectivity index (χ4v) is 4.58. The fraction of sp³-hybridized carbons (Fsp3) is 0.400. The van der Waals surface area contributed by atoms with Gasteiger partial charge in [-0.25, -0.2) is 4.39 Å². The molecule has 4 nitrogen and oxygen atoms in total. The Morgan fingerprint density at radius 3 is 2.83 bits per heavy atom. The van der Waals surface area contributed by atoms with E-state index in [2.05, 4.69) is 47.2 Å². The molecule has 0 saturated carbocycles. The molecular formula is C25H30FN3O. The Morgan fingerprint density at radius 1 is 1.20 bits per heavy atom. The van der Waals surface area contributed by atoms with Crippen molar-refractivity contribution in [3.63, 3.8) is 0 Å². The third-order valence-corrected chi connectivity index (χ3v) is 6.32. The van der Waals surface area contributed by atoms with Gasteiger partial charge in [-0.2, -0.15) is 0 Å². The second kappa shape index (κ2) is 9.00. The Hall–Kier alpha value is -2.66. The van der Waals surface area contributed by atoms with Gasteiger partial charge in [0.05, 0.1) is 5.69 Å². The number of halogens is 1.